The number of anilines is 4. The van der Waals surface area contributed by atoms with E-state index in [1.54, 1.807) is 12.1 Å². The van der Waals surface area contributed by atoms with Crippen LogP contribution in [-0.2, 0) is 31.6 Å². The molecule has 4 aromatic carbocycles. The molecular formula is C28H24N2O8P2. The highest BCUT2D eigenvalue weighted by atomic mass is 31.2. The normalized spacial score (nSPS) is 12.7. The van der Waals surface area contributed by atoms with Crippen LogP contribution in [0.4, 0.5) is 22.7 Å². The summed E-state index contributed by atoms with van der Waals surface area (Å²) < 4.78 is 22.9. The summed E-state index contributed by atoms with van der Waals surface area (Å²) in [6, 6.07) is 22.4. The lowest BCUT2D eigenvalue weighted by Crippen LogP contribution is -2.18. The van der Waals surface area contributed by atoms with E-state index in [1.165, 1.54) is 58.3 Å². The minimum atomic E-state index is -4.39. The van der Waals surface area contributed by atoms with E-state index in [9.17, 15) is 38.3 Å². The van der Waals surface area contributed by atoms with Gasteiger partial charge in [-0.25, -0.2) is 0 Å². The maximum atomic E-state index is 12.0. The van der Waals surface area contributed by atoms with Crippen LogP contribution in [0.1, 0.15) is 22.3 Å². The lowest BCUT2D eigenvalue weighted by Gasteiger charge is -2.25. The van der Waals surface area contributed by atoms with Crippen LogP contribution >= 0.6 is 15.2 Å². The van der Waals surface area contributed by atoms with Crippen molar-refractivity contribution in [2.24, 2.45) is 0 Å². The fraction of sp³-hybridized carbons (Fsp3) is 0.0714. The zero-order chi connectivity index (χ0) is 28.7. The molecule has 40 heavy (non-hydrogen) atoms. The van der Waals surface area contributed by atoms with Crippen molar-refractivity contribution in [1.29, 1.82) is 0 Å². The van der Waals surface area contributed by atoms with Crippen LogP contribution in [-0.4, -0.2) is 32.4 Å². The van der Waals surface area contributed by atoms with Crippen LogP contribution in [0.15, 0.2) is 84.9 Å². The first-order valence-electron chi connectivity index (χ1n) is 12.0. The van der Waals surface area contributed by atoms with E-state index in [0.717, 1.165) is 22.3 Å². The molecule has 1 aliphatic rings. The van der Waals surface area contributed by atoms with Gasteiger partial charge in [-0.3, -0.25) is 28.5 Å². The summed E-state index contributed by atoms with van der Waals surface area (Å²) >= 11 is 0. The molecule has 0 saturated carbocycles. The van der Waals surface area contributed by atoms with Crippen molar-refractivity contribution in [3.63, 3.8) is 0 Å². The summed E-state index contributed by atoms with van der Waals surface area (Å²) in [6.07, 6.45) is 2.50. The Balaban J connectivity index is 1.39. The number of nitrogens with zero attached hydrogens (tertiary/aromatic N) is 2. The third kappa shape index (κ3) is 5.55. The highest BCUT2D eigenvalue weighted by Crippen LogP contribution is 2.37. The number of carbonyl (C=O) groups is 2. The highest BCUT2D eigenvalue weighted by Gasteiger charge is 2.22. The van der Waals surface area contributed by atoms with Gasteiger partial charge in [-0.15, -0.1) is 0 Å². The van der Waals surface area contributed by atoms with E-state index in [4.69, 9.17) is 0 Å². The molecule has 204 valence electrons. The Morgan fingerprint density at radius 2 is 0.825 bits per heavy atom. The van der Waals surface area contributed by atoms with Gasteiger partial charge in [0, 0.05) is 22.7 Å². The lowest BCUT2D eigenvalue weighted by molar-refractivity contribution is -0.107. The van der Waals surface area contributed by atoms with Gasteiger partial charge in [0.1, 0.15) is 0 Å². The van der Waals surface area contributed by atoms with Crippen LogP contribution < -0.4 is 20.4 Å². The zero-order valence-electron chi connectivity index (χ0n) is 20.9. The second-order valence-electron chi connectivity index (χ2n) is 9.33. The molecule has 0 fully saturated rings. The van der Waals surface area contributed by atoms with E-state index < -0.39 is 15.2 Å². The molecule has 0 radical (unpaired) electrons. The smallest absolute Gasteiger partial charge is 0.321 e. The SMILES string of the molecule is O=CN(c1ccc(P(=O)(O)O)cc1)c1ccc2c(c1)Cc1ccc(N(C=O)c3ccc(P(=O)(O)O)cc3)cc1C2. The molecule has 4 N–H and O–H groups in total. The van der Waals surface area contributed by atoms with Crippen molar-refractivity contribution in [1.82, 2.24) is 0 Å². The van der Waals surface area contributed by atoms with Crippen LogP contribution in [0.5, 0.6) is 0 Å². The average Bonchev–Trinajstić information content (AvgIpc) is 2.92. The van der Waals surface area contributed by atoms with E-state index in [1.807, 2.05) is 24.3 Å². The lowest BCUT2D eigenvalue weighted by atomic mass is 9.85. The maximum absolute atomic E-state index is 12.0. The predicted molar refractivity (Wildman–Crippen MR) is 151 cm³/mol. The van der Waals surface area contributed by atoms with Crippen molar-refractivity contribution in [2.45, 2.75) is 12.8 Å². The first-order chi connectivity index (χ1) is 19.0. The topological polar surface area (TPSA) is 156 Å². The number of carbonyl (C=O) groups excluding carboxylic acids is 2. The molecule has 1 aliphatic carbocycles. The third-order valence-electron chi connectivity index (χ3n) is 6.84. The van der Waals surface area contributed by atoms with Crippen LogP contribution in [0, 0.1) is 0 Å². The molecule has 0 unspecified atom stereocenters. The second-order valence-corrected chi connectivity index (χ2v) is 12.5. The average molecular weight is 578 g/mol. The second kappa shape index (κ2) is 10.6. The van der Waals surface area contributed by atoms with Crippen LogP contribution in [0.2, 0.25) is 0 Å². The van der Waals surface area contributed by atoms with Gasteiger partial charge in [-0.2, -0.15) is 0 Å². The molecule has 5 rings (SSSR count). The van der Waals surface area contributed by atoms with Crippen molar-refractivity contribution in [2.75, 3.05) is 9.80 Å². The van der Waals surface area contributed by atoms with Crippen molar-refractivity contribution in [3.8, 4) is 0 Å². The van der Waals surface area contributed by atoms with Crippen molar-refractivity contribution >= 4 is 61.4 Å². The molecule has 0 atom stereocenters. The monoisotopic (exact) mass is 578 g/mol. The molecule has 0 saturated heterocycles. The summed E-state index contributed by atoms with van der Waals surface area (Å²) in [5.74, 6) is 0. The molecular weight excluding hydrogens is 554 g/mol. The largest absolute Gasteiger partial charge is 0.356 e. The minimum Gasteiger partial charge on any atom is -0.321 e. The number of benzene rings is 4. The first kappa shape index (κ1) is 27.7. The fourth-order valence-corrected chi connectivity index (χ4v) is 5.84. The fourth-order valence-electron chi connectivity index (χ4n) is 4.77. The van der Waals surface area contributed by atoms with Gasteiger partial charge < -0.3 is 19.6 Å². The summed E-state index contributed by atoms with van der Waals surface area (Å²) in [7, 11) is -8.78. The number of hydrogen-bond donors (Lipinski definition) is 4. The van der Waals surface area contributed by atoms with Crippen LogP contribution in [0.3, 0.4) is 0 Å². The predicted octanol–water partition coefficient (Wildman–Crippen LogP) is 3.38. The number of fused-ring (bicyclic) bond motifs is 2. The summed E-state index contributed by atoms with van der Waals surface area (Å²) in [5, 5.41) is -0.260. The Morgan fingerprint density at radius 3 is 1.12 bits per heavy atom. The van der Waals surface area contributed by atoms with Crippen molar-refractivity contribution in [3.05, 3.63) is 107 Å². The number of amides is 2. The molecule has 0 heterocycles. The molecule has 0 bridgehead atoms. The van der Waals surface area contributed by atoms with Gasteiger partial charge in [0.05, 0.1) is 10.6 Å². The quantitative estimate of drug-likeness (QED) is 0.161. The molecule has 10 nitrogen and oxygen atoms in total. The van der Waals surface area contributed by atoms with E-state index >= 15 is 0 Å². The Hall–Kier alpha value is -3.88. The Bertz CT molecular complexity index is 1570. The summed E-state index contributed by atoms with van der Waals surface area (Å²) in [6.45, 7) is 0. The zero-order valence-corrected chi connectivity index (χ0v) is 22.7. The van der Waals surface area contributed by atoms with Crippen LogP contribution in [0.25, 0.3) is 0 Å². The Morgan fingerprint density at radius 1 is 0.500 bits per heavy atom. The van der Waals surface area contributed by atoms with Crippen molar-refractivity contribution < 1.29 is 38.3 Å². The molecule has 4 aromatic rings. The molecule has 0 aliphatic heterocycles. The Kier molecular flexibility index (Phi) is 7.33. The first-order valence-corrected chi connectivity index (χ1v) is 15.3. The Labute approximate surface area is 229 Å². The summed E-state index contributed by atoms with van der Waals surface area (Å²) in [4.78, 5) is 64.1. The van der Waals surface area contributed by atoms with Gasteiger partial charge in [0.2, 0.25) is 12.8 Å². The van der Waals surface area contributed by atoms with E-state index in [0.29, 0.717) is 48.4 Å². The van der Waals surface area contributed by atoms with Gasteiger partial charge in [0.15, 0.2) is 0 Å². The number of hydrogen-bond acceptors (Lipinski definition) is 4. The van der Waals surface area contributed by atoms with Gasteiger partial charge in [-0.1, -0.05) is 12.1 Å². The third-order valence-corrected chi connectivity index (χ3v) is 8.78. The molecule has 2 amide bonds. The minimum absolute atomic E-state index is 0.130. The van der Waals surface area contributed by atoms with E-state index in [2.05, 4.69) is 0 Å². The maximum Gasteiger partial charge on any atom is 0.356 e. The van der Waals surface area contributed by atoms with Gasteiger partial charge >= 0.3 is 15.2 Å². The molecule has 0 aromatic heterocycles. The number of rotatable bonds is 8. The standard InChI is InChI=1S/C28H24N2O8P2/c31-17-29(23-5-9-27(10-6-23)39(33,34)35)25-3-1-19-13-22-16-26(4-2-20(22)14-21(19)15-25)30(18-32)24-7-11-28(12-8-24)40(36,37)38/h1-12,15-18H,13-14H2,(H2,33,34,35)(H2,36,37,38). The highest BCUT2D eigenvalue weighted by molar-refractivity contribution is 7.60. The molecule has 12 heteroatoms. The summed E-state index contributed by atoms with van der Waals surface area (Å²) in [5.41, 5.74) is 6.33. The van der Waals surface area contributed by atoms with Gasteiger partial charge in [0.25, 0.3) is 0 Å². The van der Waals surface area contributed by atoms with Gasteiger partial charge in [-0.05, 0) is 108 Å². The molecule has 0 spiro atoms. The van der Waals surface area contributed by atoms with E-state index in [-0.39, 0.29) is 10.6 Å².